The highest BCUT2D eigenvalue weighted by Crippen LogP contribution is 2.61. The molecule has 138 valence electrons. The lowest BCUT2D eigenvalue weighted by atomic mass is 9.48. The van der Waals surface area contributed by atoms with Gasteiger partial charge in [-0.1, -0.05) is 12.2 Å². The first-order valence-electron chi connectivity index (χ1n) is 10.1. The summed E-state index contributed by atoms with van der Waals surface area (Å²) in [6.45, 7) is 2.04. The number of amides is 1. The normalized spacial score (nSPS) is 39.9. The second-order valence-corrected chi connectivity index (χ2v) is 9.16. The highest BCUT2D eigenvalue weighted by molar-refractivity contribution is 5.81. The van der Waals surface area contributed by atoms with Crippen LogP contribution in [0.3, 0.4) is 0 Å². The molecule has 0 saturated heterocycles. The number of ether oxygens (including phenoxy) is 1. The molecule has 4 fully saturated rings. The van der Waals surface area contributed by atoms with Crippen LogP contribution in [0.4, 0.5) is 0 Å². The molecule has 0 aromatic heterocycles. The van der Waals surface area contributed by atoms with Gasteiger partial charge < -0.3 is 10.1 Å². The van der Waals surface area contributed by atoms with Crippen LogP contribution < -0.4 is 5.32 Å². The van der Waals surface area contributed by atoms with E-state index in [0.717, 1.165) is 37.0 Å². The molecule has 1 amide bonds. The summed E-state index contributed by atoms with van der Waals surface area (Å²) in [7, 11) is 0. The Labute approximate surface area is 150 Å². The van der Waals surface area contributed by atoms with Gasteiger partial charge in [0.15, 0.2) is 6.61 Å². The predicted octanol–water partition coefficient (Wildman–Crippen LogP) is 3.61. The molecular weight excluding hydrogens is 314 g/mol. The van der Waals surface area contributed by atoms with Crippen molar-refractivity contribution >= 4 is 11.9 Å². The van der Waals surface area contributed by atoms with Gasteiger partial charge in [-0.25, -0.2) is 0 Å². The third-order valence-electron chi connectivity index (χ3n) is 7.33. The van der Waals surface area contributed by atoms with Crippen LogP contribution in [-0.2, 0) is 14.3 Å². The molecule has 0 unspecified atom stereocenters. The lowest BCUT2D eigenvalue weighted by Crippen LogP contribution is -2.56. The van der Waals surface area contributed by atoms with Crippen LogP contribution in [0.2, 0.25) is 0 Å². The highest BCUT2D eigenvalue weighted by Gasteiger charge is 2.53. The summed E-state index contributed by atoms with van der Waals surface area (Å²) in [6, 6.07) is 0.185. The van der Waals surface area contributed by atoms with Gasteiger partial charge in [0.05, 0.1) is 5.92 Å². The number of esters is 1. The second kappa shape index (κ2) is 6.77. The predicted molar refractivity (Wildman–Crippen MR) is 95.6 cm³/mol. The van der Waals surface area contributed by atoms with E-state index >= 15 is 0 Å². The van der Waals surface area contributed by atoms with Crippen LogP contribution in [0.5, 0.6) is 0 Å². The molecule has 4 nitrogen and oxygen atoms in total. The van der Waals surface area contributed by atoms with E-state index in [1.807, 2.05) is 6.08 Å². The van der Waals surface area contributed by atoms with Crippen molar-refractivity contribution < 1.29 is 14.3 Å². The summed E-state index contributed by atoms with van der Waals surface area (Å²) in [5.74, 6) is 2.21. The van der Waals surface area contributed by atoms with E-state index in [0.29, 0.717) is 5.41 Å². The number of hydrogen-bond acceptors (Lipinski definition) is 3. The third kappa shape index (κ3) is 3.50. The van der Waals surface area contributed by atoms with Crippen LogP contribution in [0, 0.1) is 29.1 Å². The van der Waals surface area contributed by atoms with E-state index in [4.69, 9.17) is 4.74 Å². The summed E-state index contributed by atoms with van der Waals surface area (Å²) in [5.41, 5.74) is 0.294. The molecule has 0 aromatic carbocycles. The average Bonchev–Trinajstić information content (AvgIpc) is 2.59. The average molecular weight is 345 g/mol. The van der Waals surface area contributed by atoms with Crippen LogP contribution >= 0.6 is 0 Å². The van der Waals surface area contributed by atoms with Crippen LogP contribution in [0.25, 0.3) is 0 Å². The highest BCUT2D eigenvalue weighted by atomic mass is 16.5. The summed E-state index contributed by atoms with van der Waals surface area (Å²) in [5, 5.41) is 3.17. The molecule has 0 aromatic rings. The second-order valence-electron chi connectivity index (χ2n) is 9.16. The van der Waals surface area contributed by atoms with Crippen molar-refractivity contribution in [1.82, 2.24) is 5.32 Å². The van der Waals surface area contributed by atoms with Crippen molar-refractivity contribution in [1.29, 1.82) is 0 Å². The molecule has 4 saturated carbocycles. The smallest absolute Gasteiger partial charge is 0.309 e. The minimum atomic E-state index is -0.220. The van der Waals surface area contributed by atoms with E-state index in [1.54, 1.807) is 0 Å². The van der Waals surface area contributed by atoms with Gasteiger partial charge in [0, 0.05) is 6.04 Å². The van der Waals surface area contributed by atoms with Crippen molar-refractivity contribution in [3.63, 3.8) is 0 Å². The Morgan fingerprint density at radius 2 is 1.76 bits per heavy atom. The summed E-state index contributed by atoms with van der Waals surface area (Å²) in [6.07, 6.45) is 14.7. The van der Waals surface area contributed by atoms with E-state index in [2.05, 4.69) is 18.3 Å². The van der Waals surface area contributed by atoms with Crippen molar-refractivity contribution in [3.05, 3.63) is 12.2 Å². The zero-order chi connectivity index (χ0) is 17.4. The summed E-state index contributed by atoms with van der Waals surface area (Å²) in [4.78, 5) is 24.4. The summed E-state index contributed by atoms with van der Waals surface area (Å²) < 4.78 is 5.28. The maximum atomic E-state index is 12.3. The van der Waals surface area contributed by atoms with Crippen LogP contribution in [0.1, 0.15) is 64.7 Å². The first-order valence-corrected chi connectivity index (χ1v) is 10.1. The quantitative estimate of drug-likeness (QED) is 0.612. The van der Waals surface area contributed by atoms with E-state index < -0.39 is 0 Å². The van der Waals surface area contributed by atoms with Gasteiger partial charge in [-0.2, -0.15) is 0 Å². The summed E-state index contributed by atoms with van der Waals surface area (Å²) >= 11 is 0. The number of allylic oxidation sites excluding steroid dienone is 2. The molecule has 1 N–H and O–H groups in total. The van der Waals surface area contributed by atoms with Crippen molar-refractivity contribution in [2.24, 2.45) is 29.1 Å². The molecule has 0 heterocycles. The molecule has 0 radical (unpaired) electrons. The molecule has 5 rings (SSSR count). The van der Waals surface area contributed by atoms with Crippen LogP contribution in [-0.4, -0.2) is 24.5 Å². The lowest BCUT2D eigenvalue weighted by Gasteiger charge is -2.59. The molecule has 5 aliphatic carbocycles. The standard InChI is InChI=1S/C21H31NO3/c1-14(21-10-15-7-16(11-21)9-17(8-15)12-21)22-19(23)13-25-20(24)18-5-3-2-4-6-18/h2-3,14-18H,4-13H2,1H3,(H,22,23)/t14-,15?,16?,17?,18-,21?/m1/s1. The first kappa shape index (κ1) is 17.1. The molecule has 2 atom stereocenters. The number of rotatable bonds is 5. The fraction of sp³-hybridized carbons (Fsp3) is 0.810. The van der Waals surface area contributed by atoms with Crippen molar-refractivity contribution in [3.8, 4) is 0 Å². The fourth-order valence-electron chi connectivity index (χ4n) is 6.41. The maximum Gasteiger partial charge on any atom is 0.309 e. The Bertz CT molecular complexity index is 532. The number of hydrogen-bond donors (Lipinski definition) is 1. The van der Waals surface area contributed by atoms with E-state index in [-0.39, 0.29) is 30.4 Å². The van der Waals surface area contributed by atoms with Gasteiger partial charge in [-0.3, -0.25) is 9.59 Å². The largest absolute Gasteiger partial charge is 0.455 e. The van der Waals surface area contributed by atoms with E-state index in [9.17, 15) is 9.59 Å². The van der Waals surface area contributed by atoms with Gasteiger partial charge in [0.1, 0.15) is 0 Å². The zero-order valence-corrected chi connectivity index (χ0v) is 15.3. The molecular formula is C21H31NO3. The lowest BCUT2D eigenvalue weighted by molar-refractivity contribution is -0.153. The van der Waals surface area contributed by atoms with Gasteiger partial charge in [0.25, 0.3) is 5.91 Å². The minimum Gasteiger partial charge on any atom is -0.455 e. The first-order chi connectivity index (χ1) is 12.0. The van der Waals surface area contributed by atoms with Gasteiger partial charge in [-0.05, 0) is 87.9 Å². The van der Waals surface area contributed by atoms with E-state index in [1.165, 1.54) is 38.5 Å². The molecule has 25 heavy (non-hydrogen) atoms. The zero-order valence-electron chi connectivity index (χ0n) is 15.3. The Morgan fingerprint density at radius 1 is 1.12 bits per heavy atom. The minimum absolute atomic E-state index is 0.0709. The van der Waals surface area contributed by atoms with Crippen molar-refractivity contribution in [2.75, 3.05) is 6.61 Å². The van der Waals surface area contributed by atoms with Gasteiger partial charge in [0.2, 0.25) is 0 Å². The molecule has 4 heteroatoms. The fourth-order valence-corrected chi connectivity index (χ4v) is 6.41. The topological polar surface area (TPSA) is 55.4 Å². The van der Waals surface area contributed by atoms with Crippen molar-refractivity contribution in [2.45, 2.75) is 70.8 Å². The van der Waals surface area contributed by atoms with Gasteiger partial charge in [-0.15, -0.1) is 0 Å². The Balaban J connectivity index is 1.27. The van der Waals surface area contributed by atoms with Crippen LogP contribution in [0.15, 0.2) is 12.2 Å². The Kier molecular flexibility index (Phi) is 4.63. The monoisotopic (exact) mass is 345 g/mol. The molecule has 0 spiro atoms. The number of nitrogens with one attached hydrogen (secondary N) is 1. The van der Waals surface area contributed by atoms with Gasteiger partial charge >= 0.3 is 5.97 Å². The third-order valence-corrected chi connectivity index (χ3v) is 7.33. The molecule has 0 aliphatic heterocycles. The Morgan fingerprint density at radius 3 is 2.32 bits per heavy atom. The number of carbonyl (C=O) groups is 2. The Hall–Kier alpha value is -1.32. The SMILES string of the molecule is C[C@@H](NC(=O)COC(=O)[C@@H]1CC=CCC1)C12CC3CC(CC(C3)C1)C2. The number of carbonyl (C=O) groups excluding carboxylic acids is 2. The molecule has 5 aliphatic rings. The molecule has 4 bridgehead atoms. The maximum absolute atomic E-state index is 12.3.